The number of hydrogen-bond acceptors (Lipinski definition) is 8. The molecule has 2 heterocycles. The molecule has 2 aromatic heterocycles. The zero-order valence-electron chi connectivity index (χ0n) is 19.7. The second-order valence-electron chi connectivity index (χ2n) is 7.83. The van der Waals surface area contributed by atoms with Crippen LogP contribution in [0.25, 0.3) is 0 Å². The second-order valence-corrected chi connectivity index (χ2v) is 7.83. The first kappa shape index (κ1) is 25.0. The number of nitrogens with zero attached hydrogens (tertiary/aromatic N) is 4. The number of carbonyl (C=O) groups is 2. The molecule has 0 aliphatic carbocycles. The quantitative estimate of drug-likeness (QED) is 0.409. The number of nitrogens with two attached hydrogens (primary N) is 1. The van der Waals surface area contributed by atoms with E-state index >= 15 is 0 Å². The zero-order chi connectivity index (χ0) is 23.8. The van der Waals surface area contributed by atoms with Crippen molar-refractivity contribution in [1.29, 1.82) is 0 Å². The highest BCUT2D eigenvalue weighted by atomic mass is 16.2. The number of primary amides is 1. The van der Waals surface area contributed by atoms with Gasteiger partial charge in [0, 0.05) is 43.6 Å². The van der Waals surface area contributed by atoms with E-state index in [-0.39, 0.29) is 23.7 Å². The van der Waals surface area contributed by atoms with E-state index < -0.39 is 5.91 Å². The predicted octanol–water partition coefficient (Wildman–Crippen LogP) is 1.39. The van der Waals surface area contributed by atoms with Crippen molar-refractivity contribution in [2.45, 2.75) is 52.6 Å². The van der Waals surface area contributed by atoms with E-state index in [9.17, 15) is 9.59 Å². The van der Waals surface area contributed by atoms with Gasteiger partial charge in [-0.2, -0.15) is 0 Å². The lowest BCUT2D eigenvalue weighted by Gasteiger charge is -2.25. The Morgan fingerprint density at radius 1 is 1.22 bits per heavy atom. The Kier molecular flexibility index (Phi) is 8.89. The Morgan fingerprint density at radius 2 is 1.94 bits per heavy atom. The van der Waals surface area contributed by atoms with Crippen molar-refractivity contribution >= 4 is 29.1 Å². The zero-order valence-corrected chi connectivity index (χ0v) is 19.7. The summed E-state index contributed by atoms with van der Waals surface area (Å²) in [5, 5.41) is 8.93. The Labute approximate surface area is 189 Å². The lowest BCUT2D eigenvalue weighted by molar-refractivity contribution is -0.122. The average molecular weight is 443 g/mol. The van der Waals surface area contributed by atoms with Crippen molar-refractivity contribution in [2.75, 3.05) is 30.9 Å². The lowest BCUT2D eigenvalue weighted by atomic mass is 10.2. The Morgan fingerprint density at radius 3 is 2.53 bits per heavy atom. The highest BCUT2D eigenvalue weighted by Crippen LogP contribution is 2.25. The lowest BCUT2D eigenvalue weighted by Crippen LogP contribution is -2.41. The van der Waals surface area contributed by atoms with Crippen molar-refractivity contribution in [3.63, 3.8) is 0 Å². The first-order chi connectivity index (χ1) is 15.2. The smallest absolute Gasteiger partial charge is 0.271 e. The van der Waals surface area contributed by atoms with Crippen LogP contribution in [0.15, 0.2) is 18.3 Å². The predicted molar refractivity (Wildman–Crippen MR) is 126 cm³/mol. The van der Waals surface area contributed by atoms with Crippen molar-refractivity contribution in [1.82, 2.24) is 25.6 Å². The molecule has 0 bridgehead atoms. The van der Waals surface area contributed by atoms with Crippen LogP contribution in [0.4, 0.5) is 17.3 Å². The number of likely N-dealkylation sites (N-methyl/N-ethyl adjacent to an activating group) is 1. The van der Waals surface area contributed by atoms with Gasteiger partial charge in [-0.05, 0) is 46.4 Å². The topological polar surface area (TPSA) is 138 Å². The van der Waals surface area contributed by atoms with Crippen LogP contribution in [-0.2, 0) is 17.6 Å². The molecule has 5 N–H and O–H groups in total. The fourth-order valence-electron chi connectivity index (χ4n) is 2.91. The van der Waals surface area contributed by atoms with Crippen molar-refractivity contribution in [3.8, 4) is 0 Å². The number of nitrogens with one attached hydrogen (secondary N) is 3. The molecule has 0 aliphatic heterocycles. The summed E-state index contributed by atoms with van der Waals surface area (Å²) in [6.07, 6.45) is 2.84. The number of rotatable bonds is 11. The SMILES string of the molecule is CCc1nc(C(N)=O)c(Nc2ccnc(CCNC(=O)[C@H](C)NC)c2)nc1N(C)C(C)C. The second kappa shape index (κ2) is 11.4. The molecule has 1 atom stereocenters. The third-order valence-corrected chi connectivity index (χ3v) is 5.21. The molecule has 0 radical (unpaired) electrons. The fraction of sp³-hybridized carbons (Fsp3) is 0.500. The molecule has 0 unspecified atom stereocenters. The van der Waals surface area contributed by atoms with Gasteiger partial charge in [0.1, 0.15) is 0 Å². The third-order valence-electron chi connectivity index (χ3n) is 5.21. The van der Waals surface area contributed by atoms with Crippen LogP contribution in [0.2, 0.25) is 0 Å². The number of pyridine rings is 1. The summed E-state index contributed by atoms with van der Waals surface area (Å²) in [5.41, 5.74) is 7.87. The van der Waals surface area contributed by atoms with E-state index in [0.717, 1.165) is 5.69 Å². The molecule has 0 saturated carbocycles. The van der Waals surface area contributed by atoms with Gasteiger partial charge in [-0.1, -0.05) is 6.92 Å². The molecule has 2 amide bonds. The number of carbonyl (C=O) groups excluding carboxylic acids is 2. The Bertz CT molecular complexity index is 948. The maximum absolute atomic E-state index is 12.1. The molecule has 0 aliphatic rings. The van der Waals surface area contributed by atoms with E-state index in [1.54, 1.807) is 26.2 Å². The van der Waals surface area contributed by atoms with Gasteiger partial charge >= 0.3 is 0 Å². The van der Waals surface area contributed by atoms with E-state index in [2.05, 4.69) is 39.8 Å². The van der Waals surface area contributed by atoms with Gasteiger partial charge in [0.2, 0.25) is 5.91 Å². The van der Waals surface area contributed by atoms with Gasteiger partial charge in [-0.3, -0.25) is 14.6 Å². The van der Waals surface area contributed by atoms with Gasteiger partial charge < -0.3 is 26.6 Å². The summed E-state index contributed by atoms with van der Waals surface area (Å²) in [7, 11) is 3.68. The maximum atomic E-state index is 12.1. The Hall–Kier alpha value is -3.27. The number of aryl methyl sites for hydroxylation is 1. The highest BCUT2D eigenvalue weighted by molar-refractivity contribution is 5.96. The highest BCUT2D eigenvalue weighted by Gasteiger charge is 2.20. The standard InChI is InChI=1S/C22H34N8O2/c1-7-17-21(30(6)13(2)3)29-20(18(28-17)19(23)31)27-16-9-10-25-15(12-16)8-11-26-22(32)14(4)24-5/h9-10,12-14,24H,7-8,11H2,1-6H3,(H2,23,31)(H,26,32)(H,25,27,29)/t14-/m0/s1. The van der Waals surface area contributed by atoms with E-state index in [0.29, 0.717) is 42.4 Å². The molecule has 2 rings (SSSR count). The fourth-order valence-corrected chi connectivity index (χ4v) is 2.91. The third kappa shape index (κ3) is 6.36. The molecule has 0 saturated heterocycles. The number of hydrogen-bond donors (Lipinski definition) is 4. The van der Waals surface area contributed by atoms with Gasteiger partial charge in [0.25, 0.3) is 5.91 Å². The summed E-state index contributed by atoms with van der Waals surface area (Å²) in [6, 6.07) is 3.57. The Balaban J connectivity index is 2.26. The normalized spacial score (nSPS) is 11.8. The van der Waals surface area contributed by atoms with Crippen LogP contribution < -0.4 is 26.6 Å². The van der Waals surface area contributed by atoms with Crippen LogP contribution in [0.5, 0.6) is 0 Å². The summed E-state index contributed by atoms with van der Waals surface area (Å²) >= 11 is 0. The summed E-state index contributed by atoms with van der Waals surface area (Å²) in [4.78, 5) is 39.5. The summed E-state index contributed by atoms with van der Waals surface area (Å²) < 4.78 is 0. The molecule has 10 nitrogen and oxygen atoms in total. The molecular weight excluding hydrogens is 408 g/mol. The van der Waals surface area contributed by atoms with Crippen LogP contribution in [0.3, 0.4) is 0 Å². The minimum atomic E-state index is -0.649. The molecule has 174 valence electrons. The van der Waals surface area contributed by atoms with Crippen LogP contribution in [0, 0.1) is 0 Å². The van der Waals surface area contributed by atoms with E-state index in [1.165, 1.54) is 0 Å². The summed E-state index contributed by atoms with van der Waals surface area (Å²) in [5.74, 6) is 0.279. The number of aromatic nitrogens is 3. The molecule has 2 aromatic rings. The van der Waals surface area contributed by atoms with Crippen LogP contribution >= 0.6 is 0 Å². The van der Waals surface area contributed by atoms with Gasteiger partial charge in [-0.15, -0.1) is 0 Å². The van der Waals surface area contributed by atoms with Crippen LogP contribution in [-0.4, -0.2) is 59.5 Å². The van der Waals surface area contributed by atoms with Crippen molar-refractivity contribution < 1.29 is 9.59 Å². The minimum absolute atomic E-state index is 0.0685. The minimum Gasteiger partial charge on any atom is -0.364 e. The number of anilines is 3. The first-order valence-corrected chi connectivity index (χ1v) is 10.8. The molecular formula is C22H34N8O2. The van der Waals surface area contributed by atoms with Crippen molar-refractivity contribution in [2.24, 2.45) is 5.73 Å². The average Bonchev–Trinajstić information content (AvgIpc) is 2.77. The molecule has 10 heteroatoms. The first-order valence-electron chi connectivity index (χ1n) is 10.8. The van der Waals surface area contributed by atoms with Crippen LogP contribution in [0.1, 0.15) is 49.6 Å². The molecule has 0 fully saturated rings. The largest absolute Gasteiger partial charge is 0.364 e. The van der Waals surface area contributed by atoms with Crippen molar-refractivity contribution in [3.05, 3.63) is 35.4 Å². The van der Waals surface area contributed by atoms with Gasteiger partial charge in [0.05, 0.1) is 11.7 Å². The molecule has 32 heavy (non-hydrogen) atoms. The van der Waals surface area contributed by atoms with E-state index in [1.807, 2.05) is 24.9 Å². The monoisotopic (exact) mass is 442 g/mol. The molecule has 0 aromatic carbocycles. The van der Waals surface area contributed by atoms with E-state index in [4.69, 9.17) is 10.7 Å². The number of amides is 2. The van der Waals surface area contributed by atoms with Gasteiger partial charge in [0.15, 0.2) is 17.3 Å². The summed E-state index contributed by atoms with van der Waals surface area (Å²) in [6.45, 7) is 8.33. The van der Waals surface area contributed by atoms with Gasteiger partial charge in [-0.25, -0.2) is 9.97 Å². The maximum Gasteiger partial charge on any atom is 0.271 e. The molecule has 0 spiro atoms.